The minimum atomic E-state index is -1.05. The minimum Gasteiger partial charge on any atom is -0.478 e. The highest BCUT2D eigenvalue weighted by Crippen LogP contribution is 2.42. The quantitative estimate of drug-likeness (QED) is 0.508. The smallest absolute Gasteiger partial charge is 0.337 e. The van der Waals surface area contributed by atoms with Crippen LogP contribution in [0.3, 0.4) is 0 Å². The van der Waals surface area contributed by atoms with E-state index in [9.17, 15) is 14.3 Å². The number of fused-ring (bicyclic) bond motifs is 1. The fourth-order valence-corrected chi connectivity index (χ4v) is 6.52. The number of aromatic nitrogens is 3. The molecule has 3 unspecified atom stereocenters. The van der Waals surface area contributed by atoms with E-state index in [-0.39, 0.29) is 17.3 Å². The lowest BCUT2D eigenvalue weighted by molar-refractivity contribution is 0.0696. The lowest BCUT2D eigenvalue weighted by atomic mass is 9.89. The number of carbonyl (C=O) groups is 1. The molecule has 3 atom stereocenters. The molecule has 38 heavy (non-hydrogen) atoms. The Hall–Kier alpha value is -3.30. The highest BCUT2D eigenvalue weighted by atomic mass is 35.5. The van der Waals surface area contributed by atoms with E-state index in [1.54, 1.807) is 12.1 Å². The van der Waals surface area contributed by atoms with Crippen LogP contribution in [-0.2, 0) is 0 Å². The third kappa shape index (κ3) is 4.69. The van der Waals surface area contributed by atoms with Gasteiger partial charge in [0.2, 0.25) is 0 Å². The summed E-state index contributed by atoms with van der Waals surface area (Å²) in [5, 5.41) is 9.54. The van der Waals surface area contributed by atoms with Crippen molar-refractivity contribution < 1.29 is 14.3 Å². The normalized spacial score (nSPS) is 23.6. The summed E-state index contributed by atoms with van der Waals surface area (Å²) in [6.07, 6.45) is 3.72. The molecule has 3 aromatic rings. The lowest BCUT2D eigenvalue weighted by Crippen LogP contribution is -2.47. The standard InChI is InChI=1S/C28H30ClFN6O2/c1-17-16-36-8-2-3-23(36)25(17)26-32-22(18-4-6-20(30)7-5-18)14-24(33-26)34-9-11-35(12-10-34)27-21(29)13-19(15-31-27)28(37)38/h4-7,13-15,17,23,25H,2-3,8-12,16H2,1H3,(H,37,38). The molecule has 3 aliphatic rings. The van der Waals surface area contributed by atoms with Crippen LogP contribution in [0.2, 0.25) is 5.02 Å². The van der Waals surface area contributed by atoms with Crippen molar-refractivity contribution >= 4 is 29.2 Å². The first kappa shape index (κ1) is 25.0. The third-order valence-electron chi connectivity index (χ3n) is 8.10. The number of carboxylic acid groups (broad SMARTS) is 1. The van der Waals surface area contributed by atoms with Crippen LogP contribution in [0, 0.1) is 11.7 Å². The summed E-state index contributed by atoms with van der Waals surface area (Å²) in [6, 6.07) is 10.4. The Balaban J connectivity index is 1.29. The molecule has 0 amide bonds. The average Bonchev–Trinajstić information content (AvgIpc) is 3.49. The Kier molecular flexibility index (Phi) is 6.65. The van der Waals surface area contributed by atoms with Gasteiger partial charge in [-0.2, -0.15) is 0 Å². The number of aromatic carboxylic acids is 1. The molecule has 6 rings (SSSR count). The molecule has 5 heterocycles. The molecule has 3 fully saturated rings. The molecule has 1 aromatic carbocycles. The zero-order chi connectivity index (χ0) is 26.4. The van der Waals surface area contributed by atoms with Gasteiger partial charge in [-0.05, 0) is 55.6 Å². The van der Waals surface area contributed by atoms with Gasteiger partial charge in [0.25, 0.3) is 0 Å². The van der Waals surface area contributed by atoms with E-state index in [1.165, 1.54) is 37.2 Å². The highest BCUT2D eigenvalue weighted by Gasteiger charge is 2.44. The number of nitrogens with zero attached hydrogens (tertiary/aromatic N) is 6. The fraction of sp³-hybridized carbons (Fsp3) is 0.429. The zero-order valence-corrected chi connectivity index (χ0v) is 22.0. The summed E-state index contributed by atoms with van der Waals surface area (Å²) in [4.78, 5) is 32.6. The van der Waals surface area contributed by atoms with E-state index in [0.29, 0.717) is 49.0 Å². The first-order valence-corrected chi connectivity index (χ1v) is 13.5. The molecule has 3 aliphatic heterocycles. The van der Waals surface area contributed by atoms with Gasteiger partial charge < -0.3 is 14.9 Å². The number of anilines is 2. The van der Waals surface area contributed by atoms with Crippen LogP contribution in [0.1, 0.15) is 41.9 Å². The Labute approximate surface area is 226 Å². The lowest BCUT2D eigenvalue weighted by Gasteiger charge is -2.36. The molecule has 0 aliphatic carbocycles. The van der Waals surface area contributed by atoms with E-state index < -0.39 is 5.97 Å². The first-order valence-electron chi connectivity index (χ1n) is 13.1. The van der Waals surface area contributed by atoms with Crippen molar-refractivity contribution in [3.05, 3.63) is 64.8 Å². The molecule has 2 aromatic heterocycles. The summed E-state index contributed by atoms with van der Waals surface area (Å²) in [6.45, 7) is 7.24. The maximum atomic E-state index is 13.7. The van der Waals surface area contributed by atoms with E-state index in [4.69, 9.17) is 21.6 Å². The Morgan fingerprint density at radius 2 is 1.79 bits per heavy atom. The van der Waals surface area contributed by atoms with Gasteiger partial charge >= 0.3 is 5.97 Å². The van der Waals surface area contributed by atoms with Crippen molar-refractivity contribution in [3.63, 3.8) is 0 Å². The molecule has 0 bridgehead atoms. The third-order valence-corrected chi connectivity index (χ3v) is 8.38. The second-order valence-corrected chi connectivity index (χ2v) is 10.9. The van der Waals surface area contributed by atoms with E-state index in [0.717, 1.165) is 36.0 Å². The topological polar surface area (TPSA) is 85.7 Å². The van der Waals surface area contributed by atoms with E-state index in [2.05, 4.69) is 26.6 Å². The van der Waals surface area contributed by atoms with Gasteiger partial charge in [0.15, 0.2) is 0 Å². The van der Waals surface area contributed by atoms with Gasteiger partial charge in [-0.25, -0.2) is 24.1 Å². The van der Waals surface area contributed by atoms with Gasteiger partial charge in [-0.1, -0.05) is 18.5 Å². The minimum absolute atomic E-state index is 0.0705. The van der Waals surface area contributed by atoms with Crippen molar-refractivity contribution in [3.8, 4) is 11.3 Å². The van der Waals surface area contributed by atoms with Crippen molar-refractivity contribution in [1.82, 2.24) is 19.9 Å². The van der Waals surface area contributed by atoms with Crippen molar-refractivity contribution in [2.75, 3.05) is 49.1 Å². The van der Waals surface area contributed by atoms with Crippen molar-refractivity contribution in [1.29, 1.82) is 0 Å². The second-order valence-electron chi connectivity index (χ2n) is 10.5. The van der Waals surface area contributed by atoms with Crippen LogP contribution >= 0.6 is 11.6 Å². The van der Waals surface area contributed by atoms with Crippen LogP contribution in [0.4, 0.5) is 16.0 Å². The number of rotatable bonds is 5. The molecule has 8 nitrogen and oxygen atoms in total. The summed E-state index contributed by atoms with van der Waals surface area (Å²) < 4.78 is 13.7. The molecule has 0 saturated carbocycles. The molecule has 1 N–H and O–H groups in total. The number of hydrogen-bond donors (Lipinski definition) is 1. The van der Waals surface area contributed by atoms with Crippen molar-refractivity contribution in [2.45, 2.75) is 31.7 Å². The largest absolute Gasteiger partial charge is 0.478 e. The first-order chi connectivity index (χ1) is 18.4. The molecule has 10 heteroatoms. The predicted molar refractivity (Wildman–Crippen MR) is 145 cm³/mol. The van der Waals surface area contributed by atoms with Crippen LogP contribution in [-0.4, -0.2) is 76.2 Å². The number of piperazine rings is 1. The maximum Gasteiger partial charge on any atom is 0.337 e. The van der Waals surface area contributed by atoms with Crippen LogP contribution < -0.4 is 9.80 Å². The second kappa shape index (κ2) is 10.1. The molecule has 0 radical (unpaired) electrons. The summed E-state index contributed by atoms with van der Waals surface area (Å²) in [5.74, 6) is 1.76. The van der Waals surface area contributed by atoms with Gasteiger partial charge in [0.05, 0.1) is 16.3 Å². The zero-order valence-electron chi connectivity index (χ0n) is 21.2. The molecule has 0 spiro atoms. The highest BCUT2D eigenvalue weighted by molar-refractivity contribution is 6.33. The Bertz CT molecular complexity index is 1350. The number of halogens is 2. The van der Waals surface area contributed by atoms with Gasteiger partial charge in [-0.15, -0.1) is 0 Å². The predicted octanol–water partition coefficient (Wildman–Crippen LogP) is 4.55. The number of pyridine rings is 1. The van der Waals surface area contributed by atoms with Crippen LogP contribution in [0.15, 0.2) is 42.6 Å². The van der Waals surface area contributed by atoms with Crippen LogP contribution in [0.25, 0.3) is 11.3 Å². The van der Waals surface area contributed by atoms with Crippen molar-refractivity contribution in [2.24, 2.45) is 5.92 Å². The SMILES string of the molecule is CC1CN2CCCC2C1c1nc(-c2ccc(F)cc2)cc(N2CCN(c3ncc(C(=O)O)cc3Cl)CC2)n1. The molecular formula is C28H30ClFN6O2. The Morgan fingerprint density at radius 3 is 2.50 bits per heavy atom. The molecule has 3 saturated heterocycles. The van der Waals surface area contributed by atoms with E-state index in [1.807, 2.05) is 6.07 Å². The summed E-state index contributed by atoms with van der Waals surface area (Å²) in [7, 11) is 0. The van der Waals surface area contributed by atoms with Gasteiger partial charge in [0, 0.05) is 62.5 Å². The van der Waals surface area contributed by atoms with Gasteiger partial charge in [-0.3, -0.25) is 4.90 Å². The average molecular weight is 537 g/mol. The Morgan fingerprint density at radius 1 is 1.05 bits per heavy atom. The van der Waals surface area contributed by atoms with E-state index >= 15 is 0 Å². The molecule has 198 valence electrons. The van der Waals surface area contributed by atoms with Gasteiger partial charge in [0.1, 0.15) is 23.3 Å². The number of hydrogen-bond acceptors (Lipinski definition) is 7. The maximum absolute atomic E-state index is 13.7. The monoisotopic (exact) mass is 536 g/mol. The van der Waals surface area contributed by atoms with Crippen LogP contribution in [0.5, 0.6) is 0 Å². The number of benzene rings is 1. The fourth-order valence-electron chi connectivity index (χ4n) is 6.23. The summed E-state index contributed by atoms with van der Waals surface area (Å²) in [5.41, 5.74) is 1.75. The number of carboxylic acids is 1. The molecular weight excluding hydrogens is 507 g/mol. The summed E-state index contributed by atoms with van der Waals surface area (Å²) >= 11 is 6.38.